The van der Waals surface area contributed by atoms with Crippen LogP contribution in [0.4, 0.5) is 0 Å². The predicted molar refractivity (Wildman–Crippen MR) is 115 cm³/mol. The first-order chi connectivity index (χ1) is 14.5. The maximum absolute atomic E-state index is 13.2. The summed E-state index contributed by atoms with van der Waals surface area (Å²) in [7, 11) is 3.53. The van der Waals surface area contributed by atoms with Gasteiger partial charge in [-0.05, 0) is 42.3 Å². The minimum Gasteiger partial charge on any atom is -0.491 e. The summed E-state index contributed by atoms with van der Waals surface area (Å²) in [6.45, 7) is 1.45. The minimum absolute atomic E-state index is 0.0228. The number of aromatic nitrogens is 1. The Kier molecular flexibility index (Phi) is 5.65. The summed E-state index contributed by atoms with van der Waals surface area (Å²) in [5, 5.41) is 0.947. The Morgan fingerprint density at radius 2 is 2.00 bits per heavy atom. The van der Waals surface area contributed by atoms with E-state index in [4.69, 9.17) is 4.74 Å². The van der Waals surface area contributed by atoms with Gasteiger partial charge in [-0.3, -0.25) is 14.6 Å². The molecule has 0 radical (unpaired) electrons. The zero-order valence-electron chi connectivity index (χ0n) is 17.3. The summed E-state index contributed by atoms with van der Waals surface area (Å²) in [6, 6.07) is 15.4. The second-order valence-corrected chi connectivity index (χ2v) is 7.72. The Balaban J connectivity index is 1.53. The molecule has 0 N–H and O–H groups in total. The average molecular weight is 403 g/mol. The molecule has 2 heterocycles. The molecule has 6 nitrogen and oxygen atoms in total. The third kappa shape index (κ3) is 4.27. The summed E-state index contributed by atoms with van der Waals surface area (Å²) in [4.78, 5) is 32.8. The van der Waals surface area contributed by atoms with Gasteiger partial charge in [-0.1, -0.05) is 18.2 Å². The smallest absolute Gasteiger partial charge is 0.254 e. The van der Waals surface area contributed by atoms with Crippen LogP contribution >= 0.6 is 0 Å². The van der Waals surface area contributed by atoms with Crippen LogP contribution in [0.25, 0.3) is 10.9 Å². The van der Waals surface area contributed by atoms with Crippen molar-refractivity contribution in [3.8, 4) is 5.75 Å². The van der Waals surface area contributed by atoms with Gasteiger partial charge in [0, 0.05) is 49.8 Å². The third-order valence-corrected chi connectivity index (χ3v) is 5.37. The van der Waals surface area contributed by atoms with Crippen molar-refractivity contribution in [2.45, 2.75) is 19.4 Å². The van der Waals surface area contributed by atoms with E-state index in [9.17, 15) is 9.59 Å². The normalized spacial score (nSPS) is 13.3. The number of carbonyl (C=O) groups excluding carboxylic acids is 2. The summed E-state index contributed by atoms with van der Waals surface area (Å²) in [5.41, 5.74) is 3.55. The van der Waals surface area contributed by atoms with Crippen molar-refractivity contribution in [2.75, 3.05) is 27.2 Å². The molecule has 0 saturated carbocycles. The number of hydrogen-bond acceptors (Lipinski definition) is 4. The summed E-state index contributed by atoms with van der Waals surface area (Å²) < 4.78 is 5.87. The van der Waals surface area contributed by atoms with E-state index in [1.165, 1.54) is 0 Å². The predicted octanol–water partition coefficient (Wildman–Crippen LogP) is 3.29. The lowest BCUT2D eigenvalue weighted by Crippen LogP contribution is -2.32. The van der Waals surface area contributed by atoms with Gasteiger partial charge < -0.3 is 14.5 Å². The quantitative estimate of drug-likeness (QED) is 0.671. The molecule has 30 heavy (non-hydrogen) atoms. The molecule has 154 valence electrons. The van der Waals surface area contributed by atoms with E-state index in [1.807, 2.05) is 53.4 Å². The van der Waals surface area contributed by atoms with Crippen molar-refractivity contribution in [1.29, 1.82) is 0 Å². The van der Waals surface area contributed by atoms with E-state index < -0.39 is 0 Å². The van der Waals surface area contributed by atoms with Gasteiger partial charge in [-0.25, -0.2) is 0 Å². The van der Waals surface area contributed by atoms with Gasteiger partial charge in [0.1, 0.15) is 12.4 Å². The van der Waals surface area contributed by atoms with E-state index in [0.29, 0.717) is 38.1 Å². The molecule has 0 aliphatic carbocycles. The number of hydrogen-bond donors (Lipinski definition) is 0. The van der Waals surface area contributed by atoms with Crippen LogP contribution in [0.15, 0.2) is 54.7 Å². The highest BCUT2D eigenvalue weighted by Crippen LogP contribution is 2.26. The average Bonchev–Trinajstić information content (AvgIpc) is 2.98. The van der Waals surface area contributed by atoms with Gasteiger partial charge in [-0.2, -0.15) is 0 Å². The first kappa shape index (κ1) is 19.9. The Morgan fingerprint density at radius 1 is 1.13 bits per heavy atom. The number of benzene rings is 2. The zero-order chi connectivity index (χ0) is 21.1. The van der Waals surface area contributed by atoms with Gasteiger partial charge in [0.2, 0.25) is 5.91 Å². The zero-order valence-corrected chi connectivity index (χ0v) is 17.3. The summed E-state index contributed by atoms with van der Waals surface area (Å²) in [5.74, 6) is 0.880. The number of fused-ring (bicyclic) bond motifs is 2. The molecule has 1 aliphatic heterocycles. The lowest BCUT2D eigenvalue weighted by molar-refractivity contribution is -0.128. The van der Waals surface area contributed by atoms with Crippen LogP contribution in [-0.2, 0) is 17.8 Å². The maximum atomic E-state index is 13.2. The topological polar surface area (TPSA) is 62.7 Å². The highest BCUT2D eigenvalue weighted by atomic mass is 16.5. The van der Waals surface area contributed by atoms with Gasteiger partial charge in [0.25, 0.3) is 5.91 Å². The van der Waals surface area contributed by atoms with Crippen LogP contribution in [0.1, 0.15) is 27.9 Å². The molecule has 3 aromatic rings. The van der Waals surface area contributed by atoms with E-state index in [2.05, 4.69) is 4.98 Å². The van der Waals surface area contributed by atoms with Crippen LogP contribution in [-0.4, -0.2) is 53.8 Å². The molecule has 0 bridgehead atoms. The number of carbonyl (C=O) groups is 2. The van der Waals surface area contributed by atoms with Gasteiger partial charge in [0.05, 0.1) is 12.1 Å². The number of aryl methyl sites for hydroxylation is 1. The molecule has 0 saturated heterocycles. The Morgan fingerprint density at radius 3 is 2.83 bits per heavy atom. The maximum Gasteiger partial charge on any atom is 0.254 e. The number of nitrogens with zero attached hydrogens (tertiary/aromatic N) is 3. The van der Waals surface area contributed by atoms with Crippen molar-refractivity contribution in [3.63, 3.8) is 0 Å². The first-order valence-corrected chi connectivity index (χ1v) is 10.1. The standard InChI is InChI=1S/C24H25N3O3/c1-26(2)23(28)10-6-17-5-9-22-20(14-17)16-27(12-13-30-22)24(29)19-7-8-21-18(15-19)4-3-11-25-21/h3-5,7-9,11,14-15H,6,10,12-13,16H2,1-2H3. The highest BCUT2D eigenvalue weighted by molar-refractivity contribution is 5.98. The summed E-state index contributed by atoms with van der Waals surface area (Å²) in [6.07, 6.45) is 2.87. The molecule has 0 fully saturated rings. The van der Waals surface area contributed by atoms with Crippen LogP contribution in [0.2, 0.25) is 0 Å². The van der Waals surface area contributed by atoms with Crippen molar-refractivity contribution >= 4 is 22.7 Å². The number of amides is 2. The lowest BCUT2D eigenvalue weighted by Gasteiger charge is -2.20. The summed E-state index contributed by atoms with van der Waals surface area (Å²) >= 11 is 0. The van der Waals surface area contributed by atoms with Crippen LogP contribution in [0, 0.1) is 0 Å². The van der Waals surface area contributed by atoms with E-state index >= 15 is 0 Å². The second-order valence-electron chi connectivity index (χ2n) is 7.72. The van der Waals surface area contributed by atoms with Crippen molar-refractivity contribution in [3.05, 3.63) is 71.4 Å². The first-order valence-electron chi connectivity index (χ1n) is 10.1. The number of rotatable bonds is 4. The molecule has 1 aromatic heterocycles. The van der Waals surface area contributed by atoms with E-state index in [-0.39, 0.29) is 11.8 Å². The molecular weight excluding hydrogens is 378 g/mol. The minimum atomic E-state index is -0.0228. The Hall–Kier alpha value is -3.41. The largest absolute Gasteiger partial charge is 0.491 e. The van der Waals surface area contributed by atoms with Gasteiger partial charge >= 0.3 is 0 Å². The molecule has 0 unspecified atom stereocenters. The molecule has 2 amide bonds. The molecule has 1 aliphatic rings. The number of ether oxygens (including phenoxy) is 1. The fourth-order valence-electron chi connectivity index (χ4n) is 3.64. The van der Waals surface area contributed by atoms with E-state index in [0.717, 1.165) is 27.8 Å². The second kappa shape index (κ2) is 8.53. The molecule has 4 rings (SSSR count). The fourth-order valence-corrected chi connectivity index (χ4v) is 3.64. The van der Waals surface area contributed by atoms with Crippen molar-refractivity contribution in [1.82, 2.24) is 14.8 Å². The fraction of sp³-hybridized carbons (Fsp3) is 0.292. The third-order valence-electron chi connectivity index (χ3n) is 5.37. The van der Waals surface area contributed by atoms with Crippen molar-refractivity contribution < 1.29 is 14.3 Å². The van der Waals surface area contributed by atoms with Gasteiger partial charge in [0.15, 0.2) is 0 Å². The number of pyridine rings is 1. The molecule has 6 heteroatoms. The monoisotopic (exact) mass is 403 g/mol. The lowest BCUT2D eigenvalue weighted by atomic mass is 10.0. The Labute approximate surface area is 176 Å². The SMILES string of the molecule is CN(C)C(=O)CCc1ccc2c(c1)CN(C(=O)c1ccc3ncccc3c1)CCO2. The molecular formula is C24H25N3O3. The molecule has 0 spiro atoms. The van der Waals surface area contributed by atoms with Crippen LogP contribution < -0.4 is 4.74 Å². The van der Waals surface area contributed by atoms with Gasteiger partial charge in [-0.15, -0.1) is 0 Å². The highest BCUT2D eigenvalue weighted by Gasteiger charge is 2.22. The van der Waals surface area contributed by atoms with Crippen molar-refractivity contribution in [2.24, 2.45) is 0 Å². The van der Waals surface area contributed by atoms with Crippen LogP contribution in [0.3, 0.4) is 0 Å². The van der Waals surface area contributed by atoms with E-state index in [1.54, 1.807) is 25.2 Å². The Bertz CT molecular complexity index is 1090. The molecule has 0 atom stereocenters. The van der Waals surface area contributed by atoms with Crippen LogP contribution in [0.5, 0.6) is 5.75 Å². The molecule has 2 aromatic carbocycles.